The molecule has 0 fully saturated rings. The summed E-state index contributed by atoms with van der Waals surface area (Å²) < 4.78 is 5.96. The Morgan fingerprint density at radius 3 is 1.19 bits per heavy atom. The summed E-state index contributed by atoms with van der Waals surface area (Å²) in [5.41, 5.74) is 0. The average Bonchev–Trinajstić information content (AvgIpc) is 3.35. The van der Waals surface area contributed by atoms with Crippen LogP contribution in [-0.4, -0.2) is 46.9 Å². The summed E-state index contributed by atoms with van der Waals surface area (Å²) in [6.45, 7) is 6.47. The van der Waals surface area contributed by atoms with Crippen LogP contribution in [0, 0.1) is 0 Å². The lowest BCUT2D eigenvalue weighted by atomic mass is 10.0. The second-order valence-electron chi connectivity index (χ2n) is 20.8. The van der Waals surface area contributed by atoms with E-state index in [9.17, 15) is 19.8 Å². The van der Waals surface area contributed by atoms with E-state index in [4.69, 9.17) is 4.74 Å². The molecule has 0 radical (unpaired) electrons. The number of nitrogens with one attached hydrogen (secondary N) is 1. The van der Waals surface area contributed by atoms with Gasteiger partial charge in [-0.3, -0.25) is 9.59 Å². The monoisotopic (exact) mass is 980 g/mol. The van der Waals surface area contributed by atoms with Gasteiger partial charge in [0.15, 0.2) is 0 Å². The topological polar surface area (TPSA) is 95.9 Å². The molecule has 3 unspecified atom stereocenters. The Kier molecular flexibility index (Phi) is 55.5. The van der Waals surface area contributed by atoms with E-state index in [1.165, 1.54) is 193 Å². The molecule has 0 aliphatic heterocycles. The van der Waals surface area contributed by atoms with Gasteiger partial charge < -0.3 is 20.3 Å². The molecule has 70 heavy (non-hydrogen) atoms. The minimum Gasteiger partial charge on any atom is -0.462 e. The van der Waals surface area contributed by atoms with E-state index >= 15 is 0 Å². The van der Waals surface area contributed by atoms with Crippen molar-refractivity contribution in [3.63, 3.8) is 0 Å². The molecule has 6 nitrogen and oxygen atoms in total. The average molecular weight is 981 g/mol. The first kappa shape index (κ1) is 67.6. The number of rotatable bonds is 55. The van der Waals surface area contributed by atoms with Gasteiger partial charge in [0.25, 0.3) is 0 Å². The normalized spacial score (nSPS) is 13.5. The summed E-state index contributed by atoms with van der Waals surface area (Å²) >= 11 is 0. The van der Waals surface area contributed by atoms with Crippen molar-refractivity contribution in [2.45, 2.75) is 328 Å². The Hall–Kier alpha value is -2.44. The summed E-state index contributed by atoms with van der Waals surface area (Å²) in [6.07, 6.45) is 72.9. The van der Waals surface area contributed by atoms with Crippen LogP contribution in [0.1, 0.15) is 310 Å². The SMILES string of the molecule is CCCCC/C=C/C=C/C=C/C=C/CCCCCC(CC(=O)NC(CO)C(O)CCCCCCCCCCCCCCCCCC)OC(=O)CCCCCCCCCCC/C=C/CCCCCCCC. The molecule has 0 bridgehead atoms. The standard InChI is InChI=1S/C64H117NO5/c1-4-7-10-13-16-19-22-25-28-31-32-33-36-39-42-45-48-51-54-57-64(69)70-60(55-52-49-46-43-40-37-34-29-26-23-20-17-14-11-8-5-2)58-63(68)65-61(59-66)62(67)56-53-50-47-44-41-38-35-30-27-24-21-18-15-12-9-6-3/h17,20,23,25-26,28-29,34,37,40,60-62,66-67H,4-16,18-19,21-22,24,27,30-33,35-36,38-39,41-59H2,1-3H3,(H,65,68)/b20-17+,26-23+,28-25+,34-29+,40-37+. The smallest absolute Gasteiger partial charge is 0.306 e. The summed E-state index contributed by atoms with van der Waals surface area (Å²) in [5.74, 6) is -0.504. The second-order valence-corrected chi connectivity index (χ2v) is 20.8. The molecule has 0 rings (SSSR count). The van der Waals surface area contributed by atoms with Crippen LogP contribution in [0.4, 0.5) is 0 Å². The fourth-order valence-corrected chi connectivity index (χ4v) is 9.26. The molecule has 0 spiro atoms. The molecule has 6 heteroatoms. The highest BCUT2D eigenvalue weighted by molar-refractivity contribution is 5.77. The third kappa shape index (κ3) is 51.9. The van der Waals surface area contributed by atoms with E-state index < -0.39 is 18.2 Å². The third-order valence-corrected chi connectivity index (χ3v) is 13.9. The molecule has 0 saturated heterocycles. The van der Waals surface area contributed by atoms with Crippen LogP contribution in [0.5, 0.6) is 0 Å². The summed E-state index contributed by atoms with van der Waals surface area (Å²) in [7, 11) is 0. The molecule has 1 amide bonds. The molecule has 0 saturated carbocycles. The highest BCUT2D eigenvalue weighted by atomic mass is 16.5. The van der Waals surface area contributed by atoms with Crippen molar-refractivity contribution in [1.82, 2.24) is 5.32 Å². The second kappa shape index (κ2) is 57.5. The largest absolute Gasteiger partial charge is 0.462 e. The molecule has 408 valence electrons. The number of hydrogen-bond donors (Lipinski definition) is 3. The van der Waals surface area contributed by atoms with Gasteiger partial charge in [0.05, 0.1) is 25.2 Å². The van der Waals surface area contributed by atoms with Gasteiger partial charge in [-0.15, -0.1) is 0 Å². The molecular formula is C64H117NO5. The molecular weight excluding hydrogens is 863 g/mol. The number of ether oxygens (including phenoxy) is 1. The van der Waals surface area contributed by atoms with E-state index in [0.29, 0.717) is 19.3 Å². The molecule has 0 aromatic heterocycles. The van der Waals surface area contributed by atoms with Crippen molar-refractivity contribution in [3.8, 4) is 0 Å². The summed E-state index contributed by atoms with van der Waals surface area (Å²) in [4.78, 5) is 26.3. The third-order valence-electron chi connectivity index (χ3n) is 13.9. The maximum absolute atomic E-state index is 13.3. The number of carbonyl (C=O) groups is 2. The number of aliphatic hydroxyl groups is 2. The first-order chi connectivity index (χ1) is 34.5. The minimum atomic E-state index is -0.801. The molecule has 0 aromatic rings. The number of esters is 1. The van der Waals surface area contributed by atoms with E-state index in [1.54, 1.807) is 0 Å². The summed E-state index contributed by atoms with van der Waals surface area (Å²) in [6, 6.07) is -0.717. The molecule has 0 heterocycles. The molecule has 0 aliphatic rings. The van der Waals surface area contributed by atoms with Gasteiger partial charge >= 0.3 is 5.97 Å². The van der Waals surface area contributed by atoms with Gasteiger partial charge in [0.1, 0.15) is 6.10 Å². The lowest BCUT2D eigenvalue weighted by Crippen LogP contribution is -2.46. The van der Waals surface area contributed by atoms with Crippen LogP contribution in [0.25, 0.3) is 0 Å². The minimum absolute atomic E-state index is 0.0512. The predicted octanol–water partition coefficient (Wildman–Crippen LogP) is 19.1. The highest BCUT2D eigenvalue weighted by Crippen LogP contribution is 2.18. The van der Waals surface area contributed by atoms with Crippen LogP contribution in [0.3, 0.4) is 0 Å². The Morgan fingerprint density at radius 1 is 0.414 bits per heavy atom. The van der Waals surface area contributed by atoms with E-state index in [-0.39, 0.29) is 24.9 Å². The Labute approximate surface area is 435 Å². The fraction of sp³-hybridized carbons (Fsp3) is 0.812. The van der Waals surface area contributed by atoms with Crippen LogP contribution in [0.2, 0.25) is 0 Å². The Bertz CT molecular complexity index is 1240. The predicted molar refractivity (Wildman–Crippen MR) is 305 cm³/mol. The number of hydrogen-bond acceptors (Lipinski definition) is 5. The van der Waals surface area contributed by atoms with Crippen LogP contribution in [0.15, 0.2) is 60.8 Å². The van der Waals surface area contributed by atoms with Crippen LogP contribution < -0.4 is 5.32 Å². The number of carbonyl (C=O) groups excluding carboxylic acids is 2. The lowest BCUT2D eigenvalue weighted by Gasteiger charge is -2.24. The van der Waals surface area contributed by atoms with Gasteiger partial charge in [-0.2, -0.15) is 0 Å². The van der Waals surface area contributed by atoms with E-state index in [2.05, 4.69) is 86.8 Å². The molecule has 3 N–H and O–H groups in total. The van der Waals surface area contributed by atoms with Gasteiger partial charge in [-0.1, -0.05) is 281 Å². The molecule has 3 atom stereocenters. The van der Waals surface area contributed by atoms with Gasteiger partial charge in [0.2, 0.25) is 5.91 Å². The maximum atomic E-state index is 13.3. The lowest BCUT2D eigenvalue weighted by molar-refractivity contribution is -0.151. The number of allylic oxidation sites excluding steroid dienone is 10. The van der Waals surface area contributed by atoms with Crippen LogP contribution >= 0.6 is 0 Å². The highest BCUT2D eigenvalue weighted by Gasteiger charge is 2.24. The van der Waals surface area contributed by atoms with Gasteiger partial charge in [-0.25, -0.2) is 0 Å². The number of unbranched alkanes of at least 4 members (excludes halogenated alkanes) is 36. The van der Waals surface area contributed by atoms with Gasteiger partial charge in [0, 0.05) is 6.42 Å². The zero-order chi connectivity index (χ0) is 50.9. The fourth-order valence-electron chi connectivity index (χ4n) is 9.26. The number of aliphatic hydroxyl groups excluding tert-OH is 2. The van der Waals surface area contributed by atoms with Crippen molar-refractivity contribution in [1.29, 1.82) is 0 Å². The van der Waals surface area contributed by atoms with Crippen molar-refractivity contribution in [2.75, 3.05) is 6.61 Å². The Balaban J connectivity index is 4.59. The zero-order valence-corrected chi connectivity index (χ0v) is 46.7. The maximum Gasteiger partial charge on any atom is 0.306 e. The first-order valence-corrected chi connectivity index (χ1v) is 30.6. The van der Waals surface area contributed by atoms with Crippen molar-refractivity contribution in [2.24, 2.45) is 0 Å². The molecule has 0 aromatic carbocycles. The van der Waals surface area contributed by atoms with Crippen molar-refractivity contribution < 1.29 is 24.5 Å². The zero-order valence-electron chi connectivity index (χ0n) is 46.7. The first-order valence-electron chi connectivity index (χ1n) is 30.6. The number of amides is 1. The summed E-state index contributed by atoms with van der Waals surface area (Å²) in [5, 5.41) is 23.9. The van der Waals surface area contributed by atoms with E-state index in [0.717, 1.165) is 70.6 Å². The quantitative estimate of drug-likeness (QED) is 0.0244. The van der Waals surface area contributed by atoms with Gasteiger partial charge in [-0.05, 0) is 77.0 Å². The Morgan fingerprint density at radius 2 is 0.743 bits per heavy atom. The van der Waals surface area contributed by atoms with Crippen molar-refractivity contribution in [3.05, 3.63) is 60.8 Å². The van der Waals surface area contributed by atoms with Crippen molar-refractivity contribution >= 4 is 11.9 Å². The molecule has 0 aliphatic carbocycles. The van der Waals surface area contributed by atoms with E-state index in [1.807, 2.05) is 0 Å². The van der Waals surface area contributed by atoms with Crippen LogP contribution in [-0.2, 0) is 14.3 Å².